The molecule has 1 aliphatic heterocycles. The van der Waals surface area contributed by atoms with E-state index in [-0.39, 0.29) is 23.8 Å². The summed E-state index contributed by atoms with van der Waals surface area (Å²) in [6.45, 7) is 7.06. The zero-order valence-corrected chi connectivity index (χ0v) is 11.8. The maximum atomic E-state index is 12.1. The van der Waals surface area contributed by atoms with Gasteiger partial charge in [0, 0.05) is 19.1 Å². The Kier molecular flexibility index (Phi) is 6.65. The van der Waals surface area contributed by atoms with Crippen molar-refractivity contribution in [3.63, 3.8) is 0 Å². The number of aliphatic hydroxyl groups excluding tert-OH is 1. The molecule has 0 spiro atoms. The highest BCUT2D eigenvalue weighted by atomic mass is 16.3. The van der Waals surface area contributed by atoms with E-state index in [4.69, 9.17) is 5.11 Å². The van der Waals surface area contributed by atoms with Crippen LogP contribution in [0.2, 0.25) is 0 Å². The summed E-state index contributed by atoms with van der Waals surface area (Å²) in [6.07, 6.45) is 4.65. The molecule has 0 aromatic carbocycles. The molecular weight excluding hydrogens is 228 g/mol. The summed E-state index contributed by atoms with van der Waals surface area (Å²) in [6, 6.07) is 0. The average Bonchev–Trinajstić information content (AvgIpc) is 2.44. The third kappa shape index (κ3) is 4.25. The van der Waals surface area contributed by atoms with Crippen LogP contribution in [0.4, 0.5) is 0 Å². The first kappa shape index (κ1) is 15.4. The molecule has 1 rings (SSSR count). The standard InChI is InChI=1S/C14H28N2O2/c1-3-14(4-2,7-10-17)11-16-13(18)12-5-8-15-9-6-12/h12,15,17H,3-11H2,1-2H3,(H,16,18). The molecule has 1 fully saturated rings. The van der Waals surface area contributed by atoms with E-state index < -0.39 is 0 Å². The van der Waals surface area contributed by atoms with Crippen LogP contribution in [-0.4, -0.2) is 37.3 Å². The van der Waals surface area contributed by atoms with Gasteiger partial charge in [0.1, 0.15) is 0 Å². The minimum atomic E-state index is 0.0668. The second kappa shape index (κ2) is 7.74. The van der Waals surface area contributed by atoms with Gasteiger partial charge in [-0.25, -0.2) is 0 Å². The van der Waals surface area contributed by atoms with Crippen molar-refractivity contribution in [3.8, 4) is 0 Å². The Bertz CT molecular complexity index is 246. The van der Waals surface area contributed by atoms with E-state index in [1.165, 1.54) is 0 Å². The maximum absolute atomic E-state index is 12.1. The number of aliphatic hydroxyl groups is 1. The highest BCUT2D eigenvalue weighted by molar-refractivity contribution is 5.78. The number of piperidine rings is 1. The van der Waals surface area contributed by atoms with E-state index in [0.29, 0.717) is 6.54 Å². The molecular formula is C14H28N2O2. The summed E-state index contributed by atoms with van der Waals surface area (Å²) >= 11 is 0. The molecule has 0 bridgehead atoms. The quantitative estimate of drug-likeness (QED) is 0.643. The van der Waals surface area contributed by atoms with E-state index in [1.807, 2.05) is 0 Å². The van der Waals surface area contributed by atoms with Crippen LogP contribution in [-0.2, 0) is 4.79 Å². The van der Waals surface area contributed by atoms with Gasteiger partial charge in [-0.2, -0.15) is 0 Å². The summed E-state index contributed by atoms with van der Waals surface area (Å²) in [5.41, 5.74) is 0.0668. The Hall–Kier alpha value is -0.610. The fraction of sp³-hybridized carbons (Fsp3) is 0.929. The molecule has 3 N–H and O–H groups in total. The molecule has 4 heteroatoms. The monoisotopic (exact) mass is 256 g/mol. The average molecular weight is 256 g/mol. The Morgan fingerprint density at radius 2 is 1.94 bits per heavy atom. The van der Waals surface area contributed by atoms with E-state index in [9.17, 15) is 4.79 Å². The van der Waals surface area contributed by atoms with Gasteiger partial charge in [0.2, 0.25) is 5.91 Å². The van der Waals surface area contributed by atoms with Gasteiger partial charge in [-0.1, -0.05) is 13.8 Å². The van der Waals surface area contributed by atoms with Crippen molar-refractivity contribution in [2.75, 3.05) is 26.2 Å². The summed E-state index contributed by atoms with van der Waals surface area (Å²) in [5, 5.41) is 15.5. The van der Waals surface area contributed by atoms with Crippen LogP contribution in [0.1, 0.15) is 46.0 Å². The number of hydrogen-bond donors (Lipinski definition) is 3. The number of rotatable bonds is 7. The Labute approximate surface area is 111 Å². The van der Waals surface area contributed by atoms with Gasteiger partial charge in [-0.05, 0) is 50.6 Å². The summed E-state index contributed by atoms with van der Waals surface area (Å²) in [7, 11) is 0. The van der Waals surface area contributed by atoms with Gasteiger partial charge in [0.25, 0.3) is 0 Å². The Morgan fingerprint density at radius 1 is 1.33 bits per heavy atom. The lowest BCUT2D eigenvalue weighted by Gasteiger charge is -2.32. The second-order valence-corrected chi connectivity index (χ2v) is 5.42. The molecule has 4 nitrogen and oxygen atoms in total. The van der Waals surface area contributed by atoms with Crippen LogP contribution < -0.4 is 10.6 Å². The van der Waals surface area contributed by atoms with Crippen LogP contribution in [0.15, 0.2) is 0 Å². The lowest BCUT2D eigenvalue weighted by atomic mass is 9.79. The maximum Gasteiger partial charge on any atom is 0.223 e. The zero-order chi connectivity index (χ0) is 13.4. The Morgan fingerprint density at radius 3 is 2.44 bits per heavy atom. The van der Waals surface area contributed by atoms with Gasteiger partial charge >= 0.3 is 0 Å². The van der Waals surface area contributed by atoms with Crippen molar-refractivity contribution in [1.29, 1.82) is 0 Å². The van der Waals surface area contributed by atoms with Gasteiger partial charge in [-0.15, -0.1) is 0 Å². The predicted molar refractivity (Wildman–Crippen MR) is 73.3 cm³/mol. The fourth-order valence-electron chi connectivity index (χ4n) is 2.68. The number of hydrogen-bond acceptors (Lipinski definition) is 3. The van der Waals surface area contributed by atoms with Crippen LogP contribution in [0.5, 0.6) is 0 Å². The first-order chi connectivity index (χ1) is 8.67. The third-order valence-corrected chi connectivity index (χ3v) is 4.49. The molecule has 0 radical (unpaired) electrons. The molecule has 1 saturated heterocycles. The normalized spacial score (nSPS) is 17.7. The summed E-state index contributed by atoms with van der Waals surface area (Å²) < 4.78 is 0. The SMILES string of the molecule is CCC(CC)(CCO)CNC(=O)C1CCNCC1. The van der Waals surface area contributed by atoms with Crippen molar-refractivity contribution in [2.24, 2.45) is 11.3 Å². The predicted octanol–water partition coefficient (Wildman–Crippen LogP) is 1.29. The molecule has 0 atom stereocenters. The molecule has 0 aromatic heterocycles. The second-order valence-electron chi connectivity index (χ2n) is 5.42. The fourth-order valence-corrected chi connectivity index (χ4v) is 2.68. The minimum absolute atomic E-state index is 0.0668. The molecule has 106 valence electrons. The molecule has 0 aromatic rings. The highest BCUT2D eigenvalue weighted by Crippen LogP contribution is 2.29. The lowest BCUT2D eigenvalue weighted by Crippen LogP contribution is -2.43. The summed E-state index contributed by atoms with van der Waals surface area (Å²) in [5.74, 6) is 0.368. The van der Waals surface area contributed by atoms with E-state index in [1.54, 1.807) is 0 Å². The van der Waals surface area contributed by atoms with Gasteiger partial charge in [-0.3, -0.25) is 4.79 Å². The number of nitrogens with one attached hydrogen (secondary N) is 2. The first-order valence-corrected chi connectivity index (χ1v) is 7.26. The zero-order valence-electron chi connectivity index (χ0n) is 11.8. The largest absolute Gasteiger partial charge is 0.396 e. The highest BCUT2D eigenvalue weighted by Gasteiger charge is 2.28. The van der Waals surface area contributed by atoms with Crippen molar-refractivity contribution in [1.82, 2.24) is 10.6 Å². The summed E-state index contributed by atoms with van der Waals surface area (Å²) in [4.78, 5) is 12.1. The van der Waals surface area contributed by atoms with Gasteiger partial charge in [0.15, 0.2) is 0 Å². The first-order valence-electron chi connectivity index (χ1n) is 7.26. The van der Waals surface area contributed by atoms with E-state index >= 15 is 0 Å². The Balaban J connectivity index is 2.43. The van der Waals surface area contributed by atoms with E-state index in [2.05, 4.69) is 24.5 Å². The molecule has 18 heavy (non-hydrogen) atoms. The topological polar surface area (TPSA) is 61.4 Å². The van der Waals surface area contributed by atoms with Crippen molar-refractivity contribution >= 4 is 5.91 Å². The third-order valence-electron chi connectivity index (χ3n) is 4.49. The van der Waals surface area contributed by atoms with E-state index in [0.717, 1.165) is 45.2 Å². The number of amides is 1. The molecule has 1 amide bonds. The van der Waals surface area contributed by atoms with Crippen molar-refractivity contribution in [3.05, 3.63) is 0 Å². The number of carbonyl (C=O) groups is 1. The van der Waals surface area contributed by atoms with Crippen LogP contribution in [0, 0.1) is 11.3 Å². The molecule has 0 aliphatic carbocycles. The van der Waals surface area contributed by atoms with Crippen LogP contribution in [0.25, 0.3) is 0 Å². The smallest absolute Gasteiger partial charge is 0.223 e. The molecule has 1 heterocycles. The molecule has 0 saturated carbocycles. The number of carbonyl (C=O) groups excluding carboxylic acids is 1. The lowest BCUT2D eigenvalue weighted by molar-refractivity contribution is -0.126. The van der Waals surface area contributed by atoms with Crippen LogP contribution in [0.3, 0.4) is 0 Å². The molecule has 0 unspecified atom stereocenters. The minimum Gasteiger partial charge on any atom is -0.396 e. The van der Waals surface area contributed by atoms with Gasteiger partial charge in [0.05, 0.1) is 0 Å². The van der Waals surface area contributed by atoms with Gasteiger partial charge < -0.3 is 15.7 Å². The van der Waals surface area contributed by atoms with Crippen LogP contribution >= 0.6 is 0 Å². The molecule has 1 aliphatic rings. The van der Waals surface area contributed by atoms with Crippen molar-refractivity contribution in [2.45, 2.75) is 46.0 Å². The van der Waals surface area contributed by atoms with Crippen molar-refractivity contribution < 1.29 is 9.90 Å².